The second kappa shape index (κ2) is 16.3. The van der Waals surface area contributed by atoms with Crippen LogP contribution < -0.4 is 16.0 Å². The number of amides is 3. The lowest BCUT2D eigenvalue weighted by atomic mass is 9.99. The largest absolute Gasteiger partial charge is 0.391 e. The number of benzene rings is 2. The van der Waals surface area contributed by atoms with E-state index < -0.39 is 30.2 Å². The first-order valence-electron chi connectivity index (χ1n) is 14.4. The molecule has 2 unspecified atom stereocenters. The minimum absolute atomic E-state index is 0.0536. The first kappa shape index (κ1) is 33.9. The van der Waals surface area contributed by atoms with Gasteiger partial charge in [0.25, 0.3) is 11.8 Å². The summed E-state index contributed by atoms with van der Waals surface area (Å²) in [6.45, 7) is 8.11. The second-order valence-electron chi connectivity index (χ2n) is 11.2. The number of aliphatic hydroxyl groups is 2. The molecular formula is C32H43N5O5S. The summed E-state index contributed by atoms with van der Waals surface area (Å²) in [6, 6.07) is 14.2. The Bertz CT molecular complexity index is 1350. The van der Waals surface area contributed by atoms with E-state index in [9.17, 15) is 24.6 Å². The monoisotopic (exact) mass is 609 g/mol. The van der Waals surface area contributed by atoms with Crippen molar-refractivity contribution in [2.75, 3.05) is 20.1 Å². The van der Waals surface area contributed by atoms with Crippen molar-refractivity contribution in [3.63, 3.8) is 0 Å². The van der Waals surface area contributed by atoms with Gasteiger partial charge in [0.05, 0.1) is 24.8 Å². The first-order valence-corrected chi connectivity index (χ1v) is 15.3. The van der Waals surface area contributed by atoms with E-state index in [2.05, 4.69) is 20.9 Å². The lowest BCUT2D eigenvalue weighted by Crippen LogP contribution is -2.55. The van der Waals surface area contributed by atoms with Crippen LogP contribution in [0, 0.1) is 12.8 Å². The molecule has 232 valence electrons. The van der Waals surface area contributed by atoms with Gasteiger partial charge < -0.3 is 31.1 Å². The Kier molecular flexibility index (Phi) is 12.8. The Morgan fingerprint density at radius 2 is 1.67 bits per heavy atom. The van der Waals surface area contributed by atoms with Gasteiger partial charge in [0.2, 0.25) is 5.91 Å². The lowest BCUT2D eigenvalue weighted by Gasteiger charge is -2.28. The van der Waals surface area contributed by atoms with Crippen molar-refractivity contribution >= 4 is 29.1 Å². The molecule has 0 bridgehead atoms. The molecule has 0 saturated carbocycles. The summed E-state index contributed by atoms with van der Waals surface area (Å²) < 4.78 is 0. The third kappa shape index (κ3) is 10.5. The summed E-state index contributed by atoms with van der Waals surface area (Å²) in [7, 11) is 1.69. The first-order chi connectivity index (χ1) is 20.4. The molecular weight excluding hydrogens is 566 g/mol. The predicted octanol–water partition coefficient (Wildman–Crippen LogP) is 2.54. The van der Waals surface area contributed by atoms with Crippen LogP contribution in [0.15, 0.2) is 60.0 Å². The quantitative estimate of drug-likeness (QED) is 0.178. The minimum atomic E-state index is -1.10. The van der Waals surface area contributed by atoms with Gasteiger partial charge in [0.1, 0.15) is 11.0 Å². The van der Waals surface area contributed by atoms with Crippen molar-refractivity contribution < 1.29 is 24.6 Å². The number of aliphatic hydroxyl groups excluding tert-OH is 2. The number of hydrogen-bond acceptors (Lipinski definition) is 8. The SMILES string of the molecule is Cc1csc(CN(C)C(=O)c2cccc(C(=O)N[C@@H](Cc3ccccc3)[C@H](O)CNC(C(=O)NCC(C)C)C(C)O)c2)n1. The van der Waals surface area contributed by atoms with Gasteiger partial charge in [-0.3, -0.25) is 14.4 Å². The number of carbonyl (C=O) groups excluding carboxylic acids is 3. The van der Waals surface area contributed by atoms with Crippen molar-refractivity contribution in [3.8, 4) is 0 Å². The van der Waals surface area contributed by atoms with Crippen LogP contribution in [0.5, 0.6) is 0 Å². The molecule has 3 aromatic rings. The Morgan fingerprint density at radius 3 is 2.30 bits per heavy atom. The fraction of sp³-hybridized carbons (Fsp3) is 0.438. The van der Waals surface area contributed by atoms with E-state index in [-0.39, 0.29) is 29.8 Å². The molecule has 2 aromatic carbocycles. The standard InChI is InChI=1S/C32H43N5O5S/c1-20(2)16-34-31(41)29(22(4)38)33-17-27(39)26(14-23-10-7-6-8-11-23)36-30(40)24-12-9-13-25(15-24)32(42)37(5)18-28-35-21(3)19-43-28/h6-13,15,19-20,22,26-27,29,33,38-39H,14,16-18H2,1-5H3,(H,34,41)(H,36,40)/t22?,26-,27+,29?/m0/s1. The summed E-state index contributed by atoms with van der Waals surface area (Å²) in [4.78, 5) is 45.1. The summed E-state index contributed by atoms with van der Waals surface area (Å²) in [5.41, 5.74) is 2.43. The zero-order valence-electron chi connectivity index (χ0n) is 25.4. The van der Waals surface area contributed by atoms with E-state index in [1.54, 1.807) is 30.1 Å². The molecule has 0 fully saturated rings. The van der Waals surface area contributed by atoms with Crippen molar-refractivity contribution in [3.05, 3.63) is 87.4 Å². The fourth-order valence-corrected chi connectivity index (χ4v) is 5.28. The highest BCUT2D eigenvalue weighted by atomic mass is 32.1. The van der Waals surface area contributed by atoms with E-state index in [0.717, 1.165) is 16.3 Å². The van der Waals surface area contributed by atoms with Crippen LogP contribution in [-0.4, -0.2) is 82.2 Å². The Labute approximate surface area is 257 Å². The maximum Gasteiger partial charge on any atom is 0.253 e. The van der Waals surface area contributed by atoms with Crippen LogP contribution in [0.3, 0.4) is 0 Å². The Morgan fingerprint density at radius 1 is 0.977 bits per heavy atom. The molecule has 4 atom stereocenters. The highest BCUT2D eigenvalue weighted by Gasteiger charge is 2.28. The molecule has 1 heterocycles. The van der Waals surface area contributed by atoms with Gasteiger partial charge in [0, 0.05) is 42.3 Å². The number of hydrogen-bond donors (Lipinski definition) is 5. The molecule has 1 aromatic heterocycles. The third-order valence-electron chi connectivity index (χ3n) is 6.83. The van der Waals surface area contributed by atoms with Gasteiger partial charge in [-0.1, -0.05) is 50.2 Å². The topological polar surface area (TPSA) is 144 Å². The number of nitrogens with zero attached hydrogens (tertiary/aromatic N) is 2. The van der Waals surface area contributed by atoms with Crippen molar-refractivity contribution in [1.82, 2.24) is 25.8 Å². The van der Waals surface area contributed by atoms with Crippen LogP contribution in [0.25, 0.3) is 0 Å². The van der Waals surface area contributed by atoms with Gasteiger partial charge in [0.15, 0.2) is 0 Å². The highest BCUT2D eigenvalue weighted by molar-refractivity contribution is 7.09. The molecule has 0 saturated heterocycles. The zero-order valence-corrected chi connectivity index (χ0v) is 26.2. The molecule has 43 heavy (non-hydrogen) atoms. The van der Waals surface area contributed by atoms with Crippen LogP contribution in [0.2, 0.25) is 0 Å². The third-order valence-corrected chi connectivity index (χ3v) is 7.78. The van der Waals surface area contributed by atoms with Crippen molar-refractivity contribution in [2.24, 2.45) is 5.92 Å². The smallest absolute Gasteiger partial charge is 0.253 e. The maximum atomic E-state index is 13.4. The van der Waals surface area contributed by atoms with Gasteiger partial charge in [-0.05, 0) is 49.9 Å². The number of aromatic nitrogens is 1. The van der Waals surface area contributed by atoms with E-state index in [1.165, 1.54) is 24.3 Å². The van der Waals surface area contributed by atoms with Crippen LogP contribution in [0.4, 0.5) is 0 Å². The molecule has 0 aliphatic rings. The molecule has 10 nitrogen and oxygen atoms in total. The average Bonchev–Trinajstić information content (AvgIpc) is 3.39. The predicted molar refractivity (Wildman–Crippen MR) is 168 cm³/mol. The average molecular weight is 610 g/mol. The van der Waals surface area contributed by atoms with Crippen molar-refractivity contribution in [2.45, 2.75) is 65.0 Å². The summed E-state index contributed by atoms with van der Waals surface area (Å²) in [5.74, 6) is -0.816. The Hall–Kier alpha value is -3.64. The number of thiazole rings is 1. The molecule has 0 aliphatic carbocycles. The Balaban J connectivity index is 1.72. The molecule has 0 aliphatic heterocycles. The molecule has 5 N–H and O–H groups in total. The minimum Gasteiger partial charge on any atom is -0.391 e. The van der Waals surface area contributed by atoms with Gasteiger partial charge >= 0.3 is 0 Å². The molecule has 11 heteroatoms. The second-order valence-corrected chi connectivity index (χ2v) is 12.2. The fourth-order valence-electron chi connectivity index (χ4n) is 4.45. The summed E-state index contributed by atoms with van der Waals surface area (Å²) in [5, 5.41) is 32.8. The van der Waals surface area contributed by atoms with E-state index in [4.69, 9.17) is 0 Å². The number of aryl methyl sites for hydroxylation is 1. The van der Waals surface area contributed by atoms with E-state index in [0.29, 0.717) is 25.1 Å². The number of nitrogens with one attached hydrogen (secondary N) is 3. The lowest BCUT2D eigenvalue weighted by molar-refractivity contribution is -0.125. The maximum absolute atomic E-state index is 13.4. The van der Waals surface area contributed by atoms with Crippen molar-refractivity contribution in [1.29, 1.82) is 0 Å². The van der Waals surface area contributed by atoms with E-state index >= 15 is 0 Å². The van der Waals surface area contributed by atoms with Crippen LogP contribution in [-0.2, 0) is 17.8 Å². The normalized spacial score (nSPS) is 14.0. The number of rotatable bonds is 15. The molecule has 3 amide bonds. The molecule has 0 spiro atoms. The highest BCUT2D eigenvalue weighted by Crippen LogP contribution is 2.15. The van der Waals surface area contributed by atoms with Gasteiger partial charge in [-0.2, -0.15) is 0 Å². The van der Waals surface area contributed by atoms with Crippen LogP contribution in [0.1, 0.15) is 57.8 Å². The summed E-state index contributed by atoms with van der Waals surface area (Å²) in [6.07, 6.45) is -1.77. The molecule has 0 radical (unpaired) electrons. The zero-order chi connectivity index (χ0) is 31.5. The van der Waals surface area contributed by atoms with Gasteiger partial charge in [-0.25, -0.2) is 4.98 Å². The molecule has 3 rings (SSSR count). The van der Waals surface area contributed by atoms with E-state index in [1.807, 2.05) is 56.5 Å². The number of carbonyl (C=O) groups is 3. The van der Waals surface area contributed by atoms with Gasteiger partial charge in [-0.15, -0.1) is 11.3 Å². The van der Waals surface area contributed by atoms with Crippen LogP contribution >= 0.6 is 11.3 Å². The summed E-state index contributed by atoms with van der Waals surface area (Å²) >= 11 is 1.49.